The van der Waals surface area contributed by atoms with Gasteiger partial charge in [-0.05, 0) is 12.1 Å². The number of nitrogens with zero attached hydrogens (tertiary/aromatic N) is 3. The Balaban J connectivity index is 2.34. The van der Waals surface area contributed by atoms with Gasteiger partial charge in [0.15, 0.2) is 0 Å². The van der Waals surface area contributed by atoms with Gasteiger partial charge in [0.1, 0.15) is 11.4 Å². The molecule has 1 saturated heterocycles. The summed E-state index contributed by atoms with van der Waals surface area (Å²) < 4.78 is 5.28. The van der Waals surface area contributed by atoms with E-state index >= 15 is 0 Å². The Morgan fingerprint density at radius 2 is 1.75 bits per heavy atom. The van der Waals surface area contributed by atoms with Gasteiger partial charge in [0.05, 0.1) is 7.11 Å². The molecule has 86 valence electrons. The summed E-state index contributed by atoms with van der Waals surface area (Å²) in [5.74, 6) is 1.80. The van der Waals surface area contributed by atoms with Gasteiger partial charge < -0.3 is 14.5 Å². The molecule has 0 aliphatic carbocycles. The Hall–Kier alpha value is -1.71. The number of rotatable bonds is 2. The fourth-order valence-electron chi connectivity index (χ4n) is 1.79. The van der Waals surface area contributed by atoms with Gasteiger partial charge in [-0.2, -0.15) is 0 Å². The molecule has 4 nitrogen and oxygen atoms in total. The SMILES string of the molecule is COc1ccccc1N=C1N(C)CCN1C. The Kier molecular flexibility index (Phi) is 2.99. The number of ether oxygens (including phenoxy) is 1. The standard InChI is InChI=1S/C12H17N3O/c1-14-8-9-15(2)12(14)13-10-6-4-5-7-11(10)16-3/h4-7H,8-9H2,1-3H3. The second-order valence-corrected chi connectivity index (χ2v) is 3.93. The van der Waals surface area contributed by atoms with Crippen molar-refractivity contribution in [2.45, 2.75) is 0 Å². The number of aliphatic imine (C=N–C) groups is 1. The summed E-state index contributed by atoms with van der Waals surface area (Å²) in [5.41, 5.74) is 0.876. The van der Waals surface area contributed by atoms with E-state index in [1.54, 1.807) is 7.11 Å². The number of para-hydroxylation sites is 2. The molecule has 1 aromatic rings. The second kappa shape index (κ2) is 4.43. The van der Waals surface area contributed by atoms with Crippen LogP contribution in [0.2, 0.25) is 0 Å². The van der Waals surface area contributed by atoms with Gasteiger partial charge in [0.2, 0.25) is 5.96 Å². The third-order valence-electron chi connectivity index (χ3n) is 2.76. The van der Waals surface area contributed by atoms with E-state index in [1.807, 2.05) is 24.3 Å². The Bertz CT molecular complexity index is 391. The zero-order valence-electron chi connectivity index (χ0n) is 9.97. The van der Waals surface area contributed by atoms with Crippen LogP contribution in [0.1, 0.15) is 0 Å². The summed E-state index contributed by atoms with van der Waals surface area (Å²) in [4.78, 5) is 8.92. The van der Waals surface area contributed by atoms with Crippen molar-refractivity contribution in [2.75, 3.05) is 34.3 Å². The number of benzene rings is 1. The van der Waals surface area contributed by atoms with Crippen molar-refractivity contribution in [3.8, 4) is 5.75 Å². The molecule has 0 N–H and O–H groups in total. The van der Waals surface area contributed by atoms with Crippen molar-refractivity contribution in [3.63, 3.8) is 0 Å². The summed E-state index contributed by atoms with van der Waals surface area (Å²) in [6.45, 7) is 2.04. The fourth-order valence-corrected chi connectivity index (χ4v) is 1.79. The first-order valence-corrected chi connectivity index (χ1v) is 5.36. The lowest BCUT2D eigenvalue weighted by atomic mass is 10.3. The molecule has 2 rings (SSSR count). The number of likely N-dealkylation sites (N-methyl/N-ethyl adjacent to an activating group) is 2. The molecule has 0 amide bonds. The van der Waals surface area contributed by atoms with Crippen LogP contribution in [0.4, 0.5) is 5.69 Å². The molecule has 0 spiro atoms. The summed E-state index contributed by atoms with van der Waals surface area (Å²) in [6.07, 6.45) is 0. The first-order chi connectivity index (χ1) is 7.72. The number of guanidine groups is 1. The topological polar surface area (TPSA) is 28.1 Å². The van der Waals surface area contributed by atoms with Crippen LogP contribution in [0.5, 0.6) is 5.75 Å². The molecular weight excluding hydrogens is 202 g/mol. The van der Waals surface area contributed by atoms with Crippen molar-refractivity contribution in [1.29, 1.82) is 0 Å². The monoisotopic (exact) mass is 219 g/mol. The number of methoxy groups -OCH3 is 1. The zero-order chi connectivity index (χ0) is 11.5. The predicted octanol–water partition coefficient (Wildman–Crippen LogP) is 1.56. The van der Waals surface area contributed by atoms with Crippen LogP contribution in [-0.2, 0) is 0 Å². The van der Waals surface area contributed by atoms with Gasteiger partial charge >= 0.3 is 0 Å². The van der Waals surface area contributed by atoms with Gasteiger partial charge in [-0.15, -0.1) is 0 Å². The average molecular weight is 219 g/mol. The Labute approximate surface area is 96.1 Å². The predicted molar refractivity (Wildman–Crippen MR) is 65.3 cm³/mol. The maximum atomic E-state index is 5.28. The van der Waals surface area contributed by atoms with Gasteiger partial charge in [0, 0.05) is 27.2 Å². The lowest BCUT2D eigenvalue weighted by Gasteiger charge is -2.16. The van der Waals surface area contributed by atoms with Crippen LogP contribution in [0.25, 0.3) is 0 Å². The van der Waals surface area contributed by atoms with Crippen LogP contribution >= 0.6 is 0 Å². The van der Waals surface area contributed by atoms with Gasteiger partial charge in [-0.25, -0.2) is 4.99 Å². The highest BCUT2D eigenvalue weighted by Crippen LogP contribution is 2.27. The summed E-state index contributed by atoms with van der Waals surface area (Å²) in [5, 5.41) is 0. The molecule has 1 fully saturated rings. The third kappa shape index (κ3) is 1.96. The molecule has 4 heteroatoms. The lowest BCUT2D eigenvalue weighted by Crippen LogP contribution is -2.27. The summed E-state index contributed by atoms with van der Waals surface area (Å²) in [6, 6.07) is 7.81. The Morgan fingerprint density at radius 3 is 2.38 bits per heavy atom. The van der Waals surface area contributed by atoms with Crippen molar-refractivity contribution in [2.24, 2.45) is 4.99 Å². The lowest BCUT2D eigenvalue weighted by molar-refractivity contribution is 0.416. The van der Waals surface area contributed by atoms with Crippen molar-refractivity contribution < 1.29 is 4.74 Å². The molecule has 16 heavy (non-hydrogen) atoms. The number of hydrogen-bond acceptors (Lipinski definition) is 2. The summed E-state index contributed by atoms with van der Waals surface area (Å²) >= 11 is 0. The second-order valence-electron chi connectivity index (χ2n) is 3.93. The maximum absolute atomic E-state index is 5.28. The van der Waals surface area contributed by atoms with E-state index in [0.29, 0.717) is 0 Å². The summed E-state index contributed by atoms with van der Waals surface area (Å²) in [7, 11) is 5.77. The smallest absolute Gasteiger partial charge is 0.201 e. The minimum absolute atomic E-state index is 0.809. The first-order valence-electron chi connectivity index (χ1n) is 5.36. The van der Waals surface area contributed by atoms with E-state index in [0.717, 1.165) is 30.5 Å². The molecule has 0 unspecified atom stereocenters. The van der Waals surface area contributed by atoms with Crippen LogP contribution in [0.15, 0.2) is 29.3 Å². The third-order valence-corrected chi connectivity index (χ3v) is 2.76. The minimum Gasteiger partial charge on any atom is -0.494 e. The van der Waals surface area contributed by atoms with Crippen LogP contribution in [0.3, 0.4) is 0 Å². The van der Waals surface area contributed by atoms with E-state index in [1.165, 1.54) is 0 Å². The minimum atomic E-state index is 0.809. The molecule has 0 atom stereocenters. The largest absolute Gasteiger partial charge is 0.494 e. The average Bonchev–Trinajstić information content (AvgIpc) is 2.61. The molecule has 1 aromatic carbocycles. The van der Waals surface area contributed by atoms with Gasteiger partial charge in [0.25, 0.3) is 0 Å². The Morgan fingerprint density at radius 1 is 1.12 bits per heavy atom. The quantitative estimate of drug-likeness (QED) is 0.755. The van der Waals surface area contributed by atoms with Crippen LogP contribution in [-0.4, -0.2) is 50.1 Å². The highest BCUT2D eigenvalue weighted by Gasteiger charge is 2.20. The molecule has 0 bridgehead atoms. The van der Waals surface area contributed by atoms with Crippen molar-refractivity contribution in [1.82, 2.24) is 9.80 Å². The van der Waals surface area contributed by atoms with E-state index in [4.69, 9.17) is 4.74 Å². The fraction of sp³-hybridized carbons (Fsp3) is 0.417. The first kappa shape index (κ1) is 10.8. The molecule has 1 aliphatic heterocycles. The highest BCUT2D eigenvalue weighted by molar-refractivity contribution is 5.84. The van der Waals surface area contributed by atoms with Crippen LogP contribution in [0, 0.1) is 0 Å². The maximum Gasteiger partial charge on any atom is 0.201 e. The molecule has 0 radical (unpaired) electrons. The molecule has 1 heterocycles. The normalized spacial score (nSPS) is 15.6. The highest BCUT2D eigenvalue weighted by atomic mass is 16.5. The van der Waals surface area contributed by atoms with Crippen molar-refractivity contribution >= 4 is 11.6 Å². The van der Waals surface area contributed by atoms with E-state index in [9.17, 15) is 0 Å². The van der Waals surface area contributed by atoms with Crippen LogP contribution < -0.4 is 4.74 Å². The van der Waals surface area contributed by atoms with E-state index in [2.05, 4.69) is 28.9 Å². The van der Waals surface area contributed by atoms with Gasteiger partial charge in [-0.1, -0.05) is 12.1 Å². The van der Waals surface area contributed by atoms with Gasteiger partial charge in [-0.3, -0.25) is 0 Å². The van der Waals surface area contributed by atoms with E-state index < -0.39 is 0 Å². The zero-order valence-corrected chi connectivity index (χ0v) is 9.97. The van der Waals surface area contributed by atoms with Crippen molar-refractivity contribution in [3.05, 3.63) is 24.3 Å². The molecule has 0 saturated carbocycles. The molecule has 1 aliphatic rings. The molecular formula is C12H17N3O. The van der Waals surface area contributed by atoms with E-state index in [-0.39, 0.29) is 0 Å². The number of hydrogen-bond donors (Lipinski definition) is 0. The molecule has 0 aromatic heterocycles.